The molecule has 1 atom stereocenters. The highest BCUT2D eigenvalue weighted by Gasteiger charge is 2.10. The Labute approximate surface area is 116 Å². The van der Waals surface area contributed by atoms with Crippen LogP contribution >= 0.6 is 0 Å². The highest BCUT2D eigenvalue weighted by molar-refractivity contribution is 5.75. The number of hydrogen-bond donors (Lipinski definition) is 2. The Bertz CT molecular complexity index is 367. The van der Waals surface area contributed by atoms with E-state index in [-0.39, 0.29) is 11.9 Å². The van der Waals surface area contributed by atoms with E-state index in [1.54, 1.807) is 0 Å². The summed E-state index contributed by atoms with van der Waals surface area (Å²) in [7, 11) is 3.95. The lowest BCUT2D eigenvalue weighted by Gasteiger charge is -2.27. The van der Waals surface area contributed by atoms with Gasteiger partial charge in [0.05, 0.1) is 0 Å². The zero-order valence-electron chi connectivity index (χ0n) is 12.1. The Balaban J connectivity index is 2.31. The zero-order valence-corrected chi connectivity index (χ0v) is 12.1. The number of likely N-dealkylation sites (N-methyl/N-ethyl adjacent to an activating group) is 1. The first kappa shape index (κ1) is 15.5. The standard InChI is InChI=1S/C15H25N3O/c1-13(12-17-15(19)10-7-11-16-2)18(3)14-8-5-4-6-9-14/h4-6,8-9,13,16H,7,10-12H2,1-3H3,(H,17,19). The lowest BCUT2D eigenvalue weighted by atomic mass is 10.2. The third kappa shape index (κ3) is 5.75. The molecule has 19 heavy (non-hydrogen) atoms. The van der Waals surface area contributed by atoms with Gasteiger partial charge in [0, 0.05) is 31.7 Å². The largest absolute Gasteiger partial charge is 0.370 e. The van der Waals surface area contributed by atoms with Gasteiger partial charge in [0.25, 0.3) is 0 Å². The summed E-state index contributed by atoms with van der Waals surface area (Å²) in [6.07, 6.45) is 1.47. The number of anilines is 1. The van der Waals surface area contributed by atoms with Gasteiger partial charge >= 0.3 is 0 Å². The van der Waals surface area contributed by atoms with Crippen molar-refractivity contribution in [2.24, 2.45) is 0 Å². The number of carbonyl (C=O) groups is 1. The van der Waals surface area contributed by atoms with Crippen molar-refractivity contribution in [3.8, 4) is 0 Å². The summed E-state index contributed by atoms with van der Waals surface area (Å²) in [4.78, 5) is 13.8. The SMILES string of the molecule is CNCCCC(=O)NCC(C)N(C)c1ccccc1. The molecule has 0 fully saturated rings. The summed E-state index contributed by atoms with van der Waals surface area (Å²) >= 11 is 0. The van der Waals surface area contributed by atoms with Gasteiger partial charge in [-0.25, -0.2) is 0 Å². The molecule has 1 aromatic rings. The molecule has 1 aromatic carbocycles. The molecule has 0 spiro atoms. The molecule has 1 amide bonds. The number of para-hydroxylation sites is 1. The summed E-state index contributed by atoms with van der Waals surface area (Å²) in [6.45, 7) is 3.66. The van der Waals surface area contributed by atoms with Crippen molar-refractivity contribution in [1.29, 1.82) is 0 Å². The van der Waals surface area contributed by atoms with Crippen molar-refractivity contribution in [2.45, 2.75) is 25.8 Å². The molecule has 0 aliphatic heterocycles. The van der Waals surface area contributed by atoms with Gasteiger partial charge in [-0.15, -0.1) is 0 Å². The number of nitrogens with one attached hydrogen (secondary N) is 2. The molecule has 1 unspecified atom stereocenters. The van der Waals surface area contributed by atoms with Crippen LogP contribution in [0.25, 0.3) is 0 Å². The minimum atomic E-state index is 0.128. The Morgan fingerprint density at radius 3 is 2.63 bits per heavy atom. The van der Waals surface area contributed by atoms with Crippen LogP contribution < -0.4 is 15.5 Å². The number of rotatable bonds is 8. The Morgan fingerprint density at radius 1 is 1.32 bits per heavy atom. The average molecular weight is 263 g/mol. The van der Waals surface area contributed by atoms with Crippen LogP contribution in [0.1, 0.15) is 19.8 Å². The second-order valence-corrected chi connectivity index (χ2v) is 4.81. The summed E-state index contributed by atoms with van der Waals surface area (Å²) in [5.41, 5.74) is 1.17. The van der Waals surface area contributed by atoms with Crippen LogP contribution in [0.3, 0.4) is 0 Å². The summed E-state index contributed by atoms with van der Waals surface area (Å²) < 4.78 is 0. The number of hydrogen-bond acceptors (Lipinski definition) is 3. The molecule has 0 aromatic heterocycles. The van der Waals surface area contributed by atoms with Crippen LogP contribution in [0.5, 0.6) is 0 Å². The van der Waals surface area contributed by atoms with Crippen molar-refractivity contribution < 1.29 is 4.79 Å². The molecule has 0 radical (unpaired) electrons. The van der Waals surface area contributed by atoms with Gasteiger partial charge in [0.2, 0.25) is 5.91 Å². The molecule has 1 rings (SSSR count). The normalized spacial score (nSPS) is 11.9. The van der Waals surface area contributed by atoms with E-state index in [4.69, 9.17) is 0 Å². The summed E-state index contributed by atoms with van der Waals surface area (Å²) in [6, 6.07) is 10.5. The van der Waals surface area contributed by atoms with Crippen LogP contribution in [0.2, 0.25) is 0 Å². The van der Waals surface area contributed by atoms with Crippen molar-refractivity contribution in [3.05, 3.63) is 30.3 Å². The van der Waals surface area contributed by atoms with Crippen LogP contribution in [0.15, 0.2) is 30.3 Å². The molecule has 4 heteroatoms. The van der Waals surface area contributed by atoms with Gasteiger partial charge in [-0.2, -0.15) is 0 Å². The maximum Gasteiger partial charge on any atom is 0.220 e. The Hall–Kier alpha value is -1.55. The lowest BCUT2D eigenvalue weighted by Crippen LogP contribution is -2.40. The van der Waals surface area contributed by atoms with E-state index in [0.29, 0.717) is 13.0 Å². The fraction of sp³-hybridized carbons (Fsp3) is 0.533. The van der Waals surface area contributed by atoms with Crippen LogP contribution in [0, 0.1) is 0 Å². The first-order chi connectivity index (χ1) is 9.15. The molecular formula is C15H25N3O. The Kier molecular flexibility index (Phi) is 6.97. The maximum absolute atomic E-state index is 11.6. The molecule has 0 heterocycles. The van der Waals surface area contributed by atoms with E-state index in [0.717, 1.165) is 13.0 Å². The van der Waals surface area contributed by atoms with Crippen molar-refractivity contribution in [2.75, 3.05) is 32.1 Å². The highest BCUT2D eigenvalue weighted by atomic mass is 16.1. The molecule has 0 saturated heterocycles. The monoisotopic (exact) mass is 263 g/mol. The number of carbonyl (C=O) groups excluding carboxylic acids is 1. The van der Waals surface area contributed by atoms with Crippen LogP contribution in [0.4, 0.5) is 5.69 Å². The summed E-state index contributed by atoms with van der Waals surface area (Å²) in [5, 5.41) is 6.02. The summed E-state index contributed by atoms with van der Waals surface area (Å²) in [5.74, 6) is 0.128. The van der Waals surface area contributed by atoms with Crippen molar-refractivity contribution in [1.82, 2.24) is 10.6 Å². The minimum absolute atomic E-state index is 0.128. The first-order valence-electron chi connectivity index (χ1n) is 6.84. The van der Waals surface area contributed by atoms with Gasteiger partial charge < -0.3 is 15.5 Å². The average Bonchev–Trinajstić information content (AvgIpc) is 2.45. The van der Waals surface area contributed by atoms with E-state index in [9.17, 15) is 4.79 Å². The molecule has 4 nitrogen and oxygen atoms in total. The fourth-order valence-electron chi connectivity index (χ4n) is 1.83. The second kappa shape index (κ2) is 8.53. The third-order valence-electron chi connectivity index (χ3n) is 3.25. The predicted octanol–water partition coefficient (Wildman–Crippen LogP) is 1.63. The van der Waals surface area contributed by atoms with E-state index in [1.807, 2.05) is 32.3 Å². The number of nitrogens with zero attached hydrogens (tertiary/aromatic N) is 1. The van der Waals surface area contributed by atoms with Gasteiger partial charge in [-0.1, -0.05) is 18.2 Å². The first-order valence-corrected chi connectivity index (χ1v) is 6.84. The van der Waals surface area contributed by atoms with Crippen LogP contribution in [-0.2, 0) is 4.79 Å². The maximum atomic E-state index is 11.6. The predicted molar refractivity (Wildman–Crippen MR) is 80.5 cm³/mol. The van der Waals surface area contributed by atoms with Gasteiger partial charge in [0.1, 0.15) is 0 Å². The number of amides is 1. The molecule has 0 saturated carbocycles. The van der Waals surface area contributed by atoms with Gasteiger partial charge in [-0.3, -0.25) is 4.79 Å². The fourth-order valence-corrected chi connectivity index (χ4v) is 1.83. The highest BCUT2D eigenvalue weighted by Crippen LogP contribution is 2.13. The minimum Gasteiger partial charge on any atom is -0.370 e. The molecule has 0 bridgehead atoms. The smallest absolute Gasteiger partial charge is 0.220 e. The number of benzene rings is 1. The van der Waals surface area contributed by atoms with Crippen molar-refractivity contribution in [3.63, 3.8) is 0 Å². The quantitative estimate of drug-likeness (QED) is 0.701. The third-order valence-corrected chi connectivity index (χ3v) is 3.25. The molecular weight excluding hydrogens is 238 g/mol. The second-order valence-electron chi connectivity index (χ2n) is 4.81. The van der Waals surface area contributed by atoms with E-state index in [2.05, 4.69) is 34.6 Å². The lowest BCUT2D eigenvalue weighted by molar-refractivity contribution is -0.121. The van der Waals surface area contributed by atoms with Gasteiger partial charge in [-0.05, 0) is 39.1 Å². The zero-order chi connectivity index (χ0) is 14.1. The topological polar surface area (TPSA) is 44.4 Å². The Morgan fingerprint density at radius 2 is 2.00 bits per heavy atom. The molecule has 0 aliphatic rings. The molecule has 106 valence electrons. The van der Waals surface area contributed by atoms with Crippen LogP contribution in [-0.4, -0.2) is 39.1 Å². The van der Waals surface area contributed by atoms with E-state index < -0.39 is 0 Å². The molecule has 2 N–H and O–H groups in total. The molecule has 0 aliphatic carbocycles. The van der Waals surface area contributed by atoms with E-state index in [1.165, 1.54) is 5.69 Å². The van der Waals surface area contributed by atoms with E-state index >= 15 is 0 Å². The van der Waals surface area contributed by atoms with Crippen molar-refractivity contribution >= 4 is 11.6 Å². The van der Waals surface area contributed by atoms with Gasteiger partial charge in [0.15, 0.2) is 0 Å².